The molecule has 1 aliphatic heterocycles. The number of carbonyl (C=O) groups is 1. The fourth-order valence-electron chi connectivity index (χ4n) is 5.13. The zero-order chi connectivity index (χ0) is 25.9. The van der Waals surface area contributed by atoms with Crippen molar-refractivity contribution >= 4 is 17.2 Å². The summed E-state index contributed by atoms with van der Waals surface area (Å²) in [6.07, 6.45) is 0. The van der Waals surface area contributed by atoms with E-state index in [9.17, 15) is 25.0 Å². The number of nitro benzene ring substituents is 2. The minimum absolute atomic E-state index is 0.00264. The second-order valence-corrected chi connectivity index (χ2v) is 9.00. The second kappa shape index (κ2) is 10.1. The minimum atomic E-state index is -0.554. The summed E-state index contributed by atoms with van der Waals surface area (Å²) in [5.74, 6) is -1.10. The summed E-state index contributed by atoms with van der Waals surface area (Å²) in [6.45, 7) is 0. The van der Waals surface area contributed by atoms with Gasteiger partial charge in [0.2, 0.25) is 0 Å². The molecule has 1 heterocycles. The highest BCUT2D eigenvalue weighted by atomic mass is 16.6. The van der Waals surface area contributed by atoms with Gasteiger partial charge in [0, 0.05) is 36.3 Å². The van der Waals surface area contributed by atoms with Gasteiger partial charge in [0.1, 0.15) is 0 Å². The lowest BCUT2D eigenvalue weighted by molar-refractivity contribution is -0.385. The Morgan fingerprint density at radius 2 is 0.865 bits per heavy atom. The number of hydrogen-bond acceptors (Lipinski definition) is 6. The maximum Gasteiger partial charge on any atom is 0.269 e. The van der Waals surface area contributed by atoms with Crippen molar-refractivity contribution < 1.29 is 14.6 Å². The van der Waals surface area contributed by atoms with E-state index in [1.54, 1.807) is 24.3 Å². The molecule has 37 heavy (non-hydrogen) atoms. The van der Waals surface area contributed by atoms with Crippen LogP contribution in [-0.2, 0) is 4.79 Å². The lowest BCUT2D eigenvalue weighted by Gasteiger charge is -2.42. The number of non-ortho nitro benzene ring substituents is 2. The van der Waals surface area contributed by atoms with Crippen molar-refractivity contribution in [3.8, 4) is 0 Å². The molecule has 184 valence electrons. The molecule has 1 N–H and O–H groups in total. The smallest absolute Gasteiger partial charge is 0.269 e. The van der Waals surface area contributed by atoms with Crippen LogP contribution >= 0.6 is 0 Å². The van der Waals surface area contributed by atoms with Gasteiger partial charge in [0.15, 0.2) is 5.78 Å². The quantitative estimate of drug-likeness (QED) is 0.259. The number of hydrogen-bond donors (Lipinski definition) is 1. The van der Waals surface area contributed by atoms with Crippen molar-refractivity contribution in [2.24, 2.45) is 0 Å². The fraction of sp³-hybridized carbons (Fsp3) is 0.138. The Bertz CT molecular complexity index is 1320. The van der Waals surface area contributed by atoms with Gasteiger partial charge in [0.05, 0.1) is 21.7 Å². The highest BCUT2D eigenvalue weighted by Crippen LogP contribution is 2.47. The average Bonchev–Trinajstić information content (AvgIpc) is 2.93. The van der Waals surface area contributed by atoms with Gasteiger partial charge < -0.3 is 5.32 Å². The second-order valence-electron chi connectivity index (χ2n) is 9.00. The minimum Gasteiger partial charge on any atom is -0.301 e. The first-order valence-electron chi connectivity index (χ1n) is 11.8. The number of Topliss-reactive ketones (excluding diaryl/α,β-unsaturated/α-hetero) is 1. The van der Waals surface area contributed by atoms with Gasteiger partial charge >= 0.3 is 0 Å². The number of ketones is 1. The van der Waals surface area contributed by atoms with E-state index in [0.29, 0.717) is 0 Å². The third-order valence-corrected chi connectivity index (χ3v) is 6.88. The zero-order valence-electron chi connectivity index (χ0n) is 19.6. The molecule has 4 aromatic carbocycles. The molecule has 0 aromatic heterocycles. The number of benzene rings is 4. The predicted molar refractivity (Wildman–Crippen MR) is 138 cm³/mol. The normalized spacial score (nSPS) is 21.4. The molecule has 0 saturated carbocycles. The van der Waals surface area contributed by atoms with Crippen molar-refractivity contribution in [3.63, 3.8) is 0 Å². The average molecular weight is 494 g/mol. The third-order valence-electron chi connectivity index (χ3n) is 6.88. The third kappa shape index (κ3) is 4.74. The molecule has 0 spiro atoms. The molecule has 0 amide bonds. The van der Waals surface area contributed by atoms with E-state index in [1.807, 2.05) is 60.7 Å². The molecular weight excluding hydrogens is 470 g/mol. The van der Waals surface area contributed by atoms with Crippen LogP contribution in [0, 0.1) is 20.2 Å². The van der Waals surface area contributed by atoms with Gasteiger partial charge in [-0.15, -0.1) is 0 Å². The summed E-state index contributed by atoms with van der Waals surface area (Å²) in [5, 5.41) is 26.1. The number of carbonyl (C=O) groups excluding carboxylic acids is 1. The zero-order valence-corrected chi connectivity index (χ0v) is 19.6. The van der Waals surface area contributed by atoms with E-state index in [2.05, 4.69) is 5.32 Å². The molecule has 0 aliphatic carbocycles. The van der Waals surface area contributed by atoms with Crippen LogP contribution in [0.15, 0.2) is 109 Å². The Labute approximate surface area is 212 Å². The highest BCUT2D eigenvalue weighted by molar-refractivity contribution is 5.94. The van der Waals surface area contributed by atoms with Crippen molar-refractivity contribution in [1.82, 2.24) is 5.32 Å². The predicted octanol–water partition coefficient (Wildman–Crippen LogP) is 6.03. The lowest BCUT2D eigenvalue weighted by atomic mass is 9.70. The van der Waals surface area contributed by atoms with Crippen LogP contribution in [0.5, 0.6) is 0 Å². The first kappa shape index (κ1) is 24.0. The number of rotatable bonds is 6. The van der Waals surface area contributed by atoms with Gasteiger partial charge in [-0.1, -0.05) is 84.9 Å². The molecular formula is C29H23N3O5. The van der Waals surface area contributed by atoms with Gasteiger partial charge in [-0.25, -0.2) is 0 Å². The van der Waals surface area contributed by atoms with Crippen molar-refractivity contribution in [1.29, 1.82) is 0 Å². The highest BCUT2D eigenvalue weighted by Gasteiger charge is 2.46. The van der Waals surface area contributed by atoms with Crippen LogP contribution in [0.25, 0.3) is 0 Å². The first-order valence-corrected chi connectivity index (χ1v) is 11.8. The van der Waals surface area contributed by atoms with Crippen molar-refractivity contribution in [2.75, 3.05) is 0 Å². The molecule has 4 atom stereocenters. The van der Waals surface area contributed by atoms with Gasteiger partial charge in [-0.3, -0.25) is 25.0 Å². The summed E-state index contributed by atoms with van der Waals surface area (Å²) in [6, 6.07) is 30.5. The molecule has 4 aromatic rings. The van der Waals surface area contributed by atoms with E-state index in [0.717, 1.165) is 22.3 Å². The van der Waals surface area contributed by atoms with Gasteiger partial charge in [0.25, 0.3) is 11.4 Å². The standard InChI is InChI=1S/C29H23N3O5/c33-29-25(19-7-3-1-4-8-19)27(21-11-15-23(16-12-21)31(34)35)30-28(26(29)20-9-5-2-6-10-20)22-13-17-24(18-14-22)32(36)37/h1-18,25-28,30H/t25-,26+,27-,28-/m1/s1. The Morgan fingerprint density at radius 3 is 1.19 bits per heavy atom. The molecule has 1 saturated heterocycles. The number of piperidine rings is 1. The van der Waals surface area contributed by atoms with E-state index in [-0.39, 0.29) is 17.2 Å². The molecule has 0 radical (unpaired) electrons. The van der Waals surface area contributed by atoms with Gasteiger partial charge in [-0.2, -0.15) is 0 Å². The first-order chi connectivity index (χ1) is 17.9. The van der Waals surface area contributed by atoms with E-state index in [1.165, 1.54) is 24.3 Å². The fourth-order valence-corrected chi connectivity index (χ4v) is 5.13. The van der Waals surface area contributed by atoms with Crippen molar-refractivity contribution in [3.05, 3.63) is 152 Å². The molecule has 8 nitrogen and oxygen atoms in total. The lowest BCUT2D eigenvalue weighted by Crippen LogP contribution is -2.46. The van der Waals surface area contributed by atoms with Crippen LogP contribution < -0.4 is 5.32 Å². The van der Waals surface area contributed by atoms with Crippen molar-refractivity contribution in [2.45, 2.75) is 23.9 Å². The Balaban J connectivity index is 1.65. The molecule has 1 fully saturated rings. The number of nitrogens with one attached hydrogen (secondary N) is 1. The summed E-state index contributed by atoms with van der Waals surface area (Å²) in [5.41, 5.74) is 3.10. The maximum absolute atomic E-state index is 14.4. The topological polar surface area (TPSA) is 115 Å². The number of nitro groups is 2. The van der Waals surface area contributed by atoms with Crippen LogP contribution in [0.4, 0.5) is 11.4 Å². The maximum atomic E-state index is 14.4. The largest absolute Gasteiger partial charge is 0.301 e. The summed E-state index contributed by atoms with van der Waals surface area (Å²) >= 11 is 0. The SMILES string of the molecule is O=C1[C@H](c2ccccc2)[C@@H](c2ccc([N+](=O)[O-])cc2)N[C@H](c2ccc([N+](=O)[O-])cc2)[C@@H]1c1ccccc1. The van der Waals surface area contributed by atoms with Gasteiger partial charge in [-0.05, 0) is 22.3 Å². The van der Waals surface area contributed by atoms with E-state index < -0.39 is 33.8 Å². The van der Waals surface area contributed by atoms with Crippen LogP contribution in [-0.4, -0.2) is 15.6 Å². The Morgan fingerprint density at radius 1 is 0.514 bits per heavy atom. The van der Waals surface area contributed by atoms with Crippen LogP contribution in [0.2, 0.25) is 0 Å². The molecule has 8 heteroatoms. The van der Waals surface area contributed by atoms with Crippen LogP contribution in [0.1, 0.15) is 46.2 Å². The number of nitrogens with zero attached hydrogens (tertiary/aromatic N) is 2. The Hall–Kier alpha value is -4.69. The molecule has 0 unspecified atom stereocenters. The molecule has 1 aliphatic rings. The summed E-state index contributed by atoms with van der Waals surface area (Å²) in [7, 11) is 0. The van der Waals surface area contributed by atoms with Crippen LogP contribution in [0.3, 0.4) is 0 Å². The Kier molecular flexibility index (Phi) is 6.57. The molecule has 5 rings (SSSR count). The van der Waals surface area contributed by atoms with E-state index in [4.69, 9.17) is 0 Å². The molecule has 0 bridgehead atoms. The summed E-state index contributed by atoms with van der Waals surface area (Å²) in [4.78, 5) is 35.9. The van der Waals surface area contributed by atoms with E-state index >= 15 is 0 Å². The summed E-state index contributed by atoms with van der Waals surface area (Å²) < 4.78 is 0. The monoisotopic (exact) mass is 493 g/mol.